The van der Waals surface area contributed by atoms with Gasteiger partial charge in [-0.15, -0.1) is 13.2 Å². The first kappa shape index (κ1) is 27.9. The number of rotatable bonds is 4. The van der Waals surface area contributed by atoms with Gasteiger partial charge in [-0.2, -0.15) is 0 Å². The van der Waals surface area contributed by atoms with Gasteiger partial charge in [0.05, 0.1) is 12.1 Å². The molecule has 0 radical (unpaired) electrons. The summed E-state index contributed by atoms with van der Waals surface area (Å²) in [5.74, 6) is 2.23. The van der Waals surface area contributed by atoms with Crippen molar-refractivity contribution >= 4 is 31.2 Å². The average Bonchev–Trinajstić information content (AvgIpc) is 3.34. The number of ether oxygens (including phenoxy) is 2. The zero-order valence-corrected chi connectivity index (χ0v) is 21.1. The molecule has 0 fully saturated rings. The van der Waals surface area contributed by atoms with E-state index in [-0.39, 0.29) is 34.7 Å². The van der Waals surface area contributed by atoms with Crippen LogP contribution in [0.4, 0.5) is 0 Å². The Hall–Kier alpha value is -1.10. The number of hydrogen-bond acceptors (Lipinski definition) is 4. The quantitative estimate of drug-likeness (QED) is 0.242. The first-order valence-corrected chi connectivity index (χ1v) is 13.5. The van der Waals surface area contributed by atoms with Gasteiger partial charge < -0.3 is 21.5 Å². The zero-order chi connectivity index (χ0) is 21.3. The molecule has 3 heterocycles. The molecule has 0 N–H and O–H groups in total. The fourth-order valence-corrected chi connectivity index (χ4v) is 2.66. The third-order valence-electron chi connectivity index (χ3n) is 4.41. The van der Waals surface area contributed by atoms with Crippen LogP contribution in [0.15, 0.2) is 41.3 Å². The molecule has 1 aromatic rings. The van der Waals surface area contributed by atoms with Crippen LogP contribution in [-0.4, -0.2) is 37.1 Å². The van der Waals surface area contributed by atoms with Gasteiger partial charge >= 0.3 is 34.5 Å². The van der Waals surface area contributed by atoms with Gasteiger partial charge in [0.1, 0.15) is 13.2 Å². The molecular formula is C21H32Cl2N3O2Ru+. The topological polar surface area (TPSA) is 47.1 Å². The normalized spacial score (nSPS) is 19.6. The van der Waals surface area contributed by atoms with Crippen molar-refractivity contribution in [2.24, 2.45) is 21.8 Å². The summed E-state index contributed by atoms with van der Waals surface area (Å²) in [5.41, 5.74) is 1.70. The van der Waals surface area contributed by atoms with Gasteiger partial charge in [-0.1, -0.05) is 33.8 Å². The molecule has 3 rings (SSSR count). The van der Waals surface area contributed by atoms with Crippen molar-refractivity contribution in [1.29, 1.82) is 0 Å². The number of aromatic nitrogens is 1. The molecule has 2 aliphatic heterocycles. The molecular weight excluding hydrogens is 498 g/mol. The summed E-state index contributed by atoms with van der Waals surface area (Å²) in [4.78, 5) is 9.36. The van der Waals surface area contributed by atoms with Crippen LogP contribution in [0.5, 0.6) is 0 Å². The fraction of sp³-hybridized carbons (Fsp3) is 0.476. The van der Waals surface area contributed by atoms with Crippen LogP contribution in [0.3, 0.4) is 0 Å². The third-order valence-corrected chi connectivity index (χ3v) is 4.41. The number of nitrogens with zero attached hydrogens (tertiary/aromatic N) is 3. The van der Waals surface area contributed by atoms with E-state index in [2.05, 4.69) is 57.9 Å². The molecule has 0 amide bonds. The Bertz CT molecular complexity index is 644. The molecule has 0 aliphatic carbocycles. The first-order chi connectivity index (χ1) is 13.4. The van der Waals surface area contributed by atoms with E-state index in [9.17, 15) is 0 Å². The molecule has 8 heteroatoms. The van der Waals surface area contributed by atoms with Crippen molar-refractivity contribution in [2.45, 2.75) is 39.8 Å². The summed E-state index contributed by atoms with van der Waals surface area (Å²) in [6, 6.07) is 6.31. The maximum atomic E-state index is 5.78. The molecule has 0 aromatic carbocycles. The molecule has 5 nitrogen and oxygen atoms in total. The van der Waals surface area contributed by atoms with Crippen molar-refractivity contribution in [1.82, 2.24) is 0 Å². The van der Waals surface area contributed by atoms with E-state index in [4.69, 9.17) is 28.9 Å². The summed E-state index contributed by atoms with van der Waals surface area (Å²) in [7, 11) is 13.9. The Morgan fingerprint density at radius 1 is 1.00 bits per heavy atom. The fourth-order valence-electron chi connectivity index (χ4n) is 2.66. The van der Waals surface area contributed by atoms with Gasteiger partial charge in [-0.25, -0.2) is 0 Å². The third kappa shape index (κ3) is 7.58. The minimum absolute atomic E-state index is 0. The van der Waals surface area contributed by atoms with Crippen LogP contribution in [-0.2, 0) is 24.6 Å². The van der Waals surface area contributed by atoms with Gasteiger partial charge in [0.15, 0.2) is 11.4 Å². The van der Waals surface area contributed by atoms with Crippen LogP contribution >= 0.6 is 19.4 Å². The Morgan fingerprint density at radius 2 is 1.34 bits per heavy atom. The molecule has 0 unspecified atom stereocenters. The predicted molar refractivity (Wildman–Crippen MR) is 119 cm³/mol. The summed E-state index contributed by atoms with van der Waals surface area (Å²) in [5, 5.41) is 0. The minimum atomic E-state index is -0.346. The second-order valence-electron chi connectivity index (χ2n) is 6.89. The molecule has 2 aliphatic rings. The summed E-state index contributed by atoms with van der Waals surface area (Å²) >= 11 is -0.346. The van der Waals surface area contributed by atoms with E-state index in [1.54, 1.807) is 0 Å². The van der Waals surface area contributed by atoms with E-state index in [0.717, 1.165) is 11.4 Å². The SMILES string of the molecule is C=C.[CH2-][n+]1c(C2=N[C@H](C(C)C)CO2)cccc1C1=N[C@H](C(C)C)CO1.[CH3-].[Cl][Ru+2][Cl]. The number of halogens is 2. The zero-order valence-electron chi connectivity index (χ0n) is 17.8. The Balaban J connectivity index is 0.00000120. The van der Waals surface area contributed by atoms with Crippen LogP contribution in [0.2, 0.25) is 0 Å². The van der Waals surface area contributed by atoms with Crippen molar-refractivity contribution in [3.8, 4) is 0 Å². The van der Waals surface area contributed by atoms with Crippen LogP contribution in [0.25, 0.3) is 0 Å². The van der Waals surface area contributed by atoms with Crippen LogP contribution in [0, 0.1) is 26.3 Å². The van der Waals surface area contributed by atoms with Gasteiger partial charge in [-0.3, -0.25) is 9.98 Å². The maximum absolute atomic E-state index is 5.78. The molecule has 164 valence electrons. The summed E-state index contributed by atoms with van der Waals surface area (Å²) < 4.78 is 13.4. The van der Waals surface area contributed by atoms with Crippen molar-refractivity contribution in [3.05, 3.63) is 57.2 Å². The molecule has 0 saturated carbocycles. The van der Waals surface area contributed by atoms with Crippen molar-refractivity contribution in [3.63, 3.8) is 0 Å². The molecule has 2 atom stereocenters. The number of pyridine rings is 1. The van der Waals surface area contributed by atoms with E-state index < -0.39 is 0 Å². The van der Waals surface area contributed by atoms with E-state index in [1.165, 1.54) is 0 Å². The molecule has 0 saturated heterocycles. The molecule has 29 heavy (non-hydrogen) atoms. The van der Waals surface area contributed by atoms with Gasteiger partial charge in [0.25, 0.3) is 0 Å². The summed E-state index contributed by atoms with van der Waals surface area (Å²) in [6.07, 6.45) is 0. The Morgan fingerprint density at radius 3 is 1.62 bits per heavy atom. The number of aliphatic imine (C=N–C) groups is 2. The molecule has 0 bridgehead atoms. The average molecular weight is 530 g/mol. The second kappa shape index (κ2) is 14.0. The van der Waals surface area contributed by atoms with Gasteiger partial charge in [0, 0.05) is 7.05 Å². The summed E-state index contributed by atoms with van der Waals surface area (Å²) in [6.45, 7) is 15.9. The van der Waals surface area contributed by atoms with Gasteiger partial charge in [0.2, 0.25) is 11.8 Å². The van der Waals surface area contributed by atoms with Crippen LogP contribution < -0.4 is 4.57 Å². The number of hydrogen-bond donors (Lipinski definition) is 0. The van der Waals surface area contributed by atoms with Crippen molar-refractivity contribution < 1.29 is 29.2 Å². The molecule has 0 spiro atoms. The van der Waals surface area contributed by atoms with E-state index in [0.29, 0.717) is 36.8 Å². The Kier molecular flexibility index (Phi) is 13.5. The van der Waals surface area contributed by atoms with Crippen molar-refractivity contribution in [2.75, 3.05) is 13.2 Å². The predicted octanol–water partition coefficient (Wildman–Crippen LogP) is 4.85. The molecule has 1 aromatic heterocycles. The monoisotopic (exact) mass is 530 g/mol. The Labute approximate surface area is 191 Å². The standard InChI is InChI=1S/C18H25N3O2.C2H4.CH3.2ClH.Ru/c1-11(2)13-9-22-17(19-13)15-7-6-8-16(21(15)5)18-20-14(10-23-18)12(3)4;1-2;;;;/h6-8,11-14H,5,9-10H2,1-4H3;1-2H2;1H3;2*1H;/q;;-1;;;+4/p-2/t13-,14-;;;;;/m0...../s1. The second-order valence-corrected chi connectivity index (χ2v) is 9.53. The van der Waals surface area contributed by atoms with Crippen LogP contribution in [0.1, 0.15) is 39.1 Å². The first-order valence-electron chi connectivity index (χ1n) is 9.02. The van der Waals surface area contributed by atoms with Gasteiger partial charge in [-0.05, 0) is 24.0 Å². The van der Waals surface area contributed by atoms with E-state index >= 15 is 0 Å². The van der Waals surface area contributed by atoms with E-state index in [1.807, 2.05) is 22.8 Å².